The van der Waals surface area contributed by atoms with Crippen molar-refractivity contribution in [3.8, 4) is 5.75 Å². The van der Waals surface area contributed by atoms with Gasteiger partial charge in [-0.2, -0.15) is 9.48 Å². The molecule has 1 saturated heterocycles. The van der Waals surface area contributed by atoms with E-state index >= 15 is 0 Å². The van der Waals surface area contributed by atoms with E-state index in [9.17, 15) is 24.6 Å². The Labute approximate surface area is 228 Å². The van der Waals surface area contributed by atoms with E-state index in [1.165, 1.54) is 39.8 Å². The molecule has 2 heterocycles. The molecule has 9 heteroatoms. The topological polar surface area (TPSA) is 130 Å². The van der Waals surface area contributed by atoms with Gasteiger partial charge in [-0.15, -0.1) is 0 Å². The summed E-state index contributed by atoms with van der Waals surface area (Å²) < 4.78 is 1.31. The second-order valence-corrected chi connectivity index (χ2v) is 9.21. The molecule has 1 fully saturated rings. The van der Waals surface area contributed by atoms with Gasteiger partial charge in [-0.05, 0) is 42.0 Å². The van der Waals surface area contributed by atoms with E-state index in [1.807, 2.05) is 0 Å². The van der Waals surface area contributed by atoms with Crippen LogP contribution in [-0.2, 0) is 14.4 Å². The lowest BCUT2D eigenvalue weighted by Crippen LogP contribution is -2.59. The lowest BCUT2D eigenvalue weighted by molar-refractivity contribution is -0.495. The van der Waals surface area contributed by atoms with Crippen LogP contribution in [0, 0.1) is 0 Å². The van der Waals surface area contributed by atoms with Crippen molar-refractivity contribution in [1.82, 2.24) is 0 Å². The molecule has 1 unspecified atom stereocenters. The number of carbonyl (C=O) groups excluding carboxylic acids is 3. The Morgan fingerprint density at radius 1 is 0.775 bits per heavy atom. The molecule has 0 saturated carbocycles. The Balaban J connectivity index is 1.78. The van der Waals surface area contributed by atoms with E-state index in [-0.39, 0.29) is 23.0 Å². The maximum atomic E-state index is 14.8. The number of guanidine groups is 1. The molecule has 196 valence electrons. The van der Waals surface area contributed by atoms with Crippen LogP contribution < -0.4 is 20.6 Å². The molecule has 40 heavy (non-hydrogen) atoms. The fourth-order valence-electron chi connectivity index (χ4n) is 5.32. The van der Waals surface area contributed by atoms with Crippen LogP contribution in [0.5, 0.6) is 5.75 Å². The zero-order valence-electron chi connectivity index (χ0n) is 21.0. The molecule has 9 nitrogen and oxygen atoms in total. The molecule has 2 amide bonds. The third-order valence-electron chi connectivity index (χ3n) is 6.99. The molecular formula is C31H22N4O5. The predicted molar refractivity (Wildman–Crippen MR) is 146 cm³/mol. The number of benzene rings is 4. The van der Waals surface area contributed by atoms with Gasteiger partial charge in [0.1, 0.15) is 17.1 Å². The number of para-hydroxylation sites is 4. The standard InChI is InChI=1S/C31H22N4O5/c32-30-33(21-14-6-2-7-15-21)29(40)31(34(30)22-16-8-3-9-17-22)25(26(37)20-12-4-1-5-13-20)27(38)28(39)35(31)23-18-10-11-19-24(23)36/h1-19,32H,(H2,36,37,38). The Hall–Kier alpha value is -5.70. The zero-order valence-corrected chi connectivity index (χ0v) is 21.0. The maximum absolute atomic E-state index is 14.8. The fraction of sp³-hybridized carbons (Fsp3) is 0.0323. The van der Waals surface area contributed by atoms with Gasteiger partial charge in [0.15, 0.2) is 0 Å². The van der Waals surface area contributed by atoms with Crippen molar-refractivity contribution in [3.05, 3.63) is 126 Å². The van der Waals surface area contributed by atoms with Crippen molar-refractivity contribution in [1.29, 1.82) is 0 Å². The number of aromatic hydroxyl groups is 1. The molecule has 1 atom stereocenters. The number of ketones is 1. The van der Waals surface area contributed by atoms with Crippen LogP contribution in [0.25, 0.3) is 5.76 Å². The second kappa shape index (κ2) is 9.25. The average molecular weight is 531 g/mol. The lowest BCUT2D eigenvalue weighted by atomic mass is 9.93. The van der Waals surface area contributed by atoms with Gasteiger partial charge in [0, 0.05) is 0 Å². The largest absolute Gasteiger partial charge is 0.872 e. The van der Waals surface area contributed by atoms with Crippen molar-refractivity contribution in [2.75, 3.05) is 9.80 Å². The number of anilines is 2. The van der Waals surface area contributed by atoms with E-state index in [0.29, 0.717) is 11.4 Å². The van der Waals surface area contributed by atoms with Crippen LogP contribution in [0.4, 0.5) is 17.1 Å². The minimum Gasteiger partial charge on any atom is -0.872 e. The van der Waals surface area contributed by atoms with Gasteiger partial charge < -0.3 is 10.2 Å². The predicted octanol–water partition coefficient (Wildman–Crippen LogP) is 2.48. The molecule has 0 aromatic heterocycles. The molecule has 3 N–H and O–H groups in total. The van der Waals surface area contributed by atoms with Crippen molar-refractivity contribution < 1.29 is 29.2 Å². The maximum Gasteiger partial charge on any atom is 0.366 e. The van der Waals surface area contributed by atoms with E-state index in [1.54, 1.807) is 84.9 Å². The minimum atomic E-state index is -2.39. The minimum absolute atomic E-state index is 0.106. The summed E-state index contributed by atoms with van der Waals surface area (Å²) in [5.74, 6) is -4.47. The molecule has 4 aromatic rings. The molecule has 4 aromatic carbocycles. The first-order chi connectivity index (χ1) is 19.4. The van der Waals surface area contributed by atoms with Gasteiger partial charge in [-0.1, -0.05) is 84.6 Å². The Morgan fingerprint density at radius 2 is 1.32 bits per heavy atom. The summed E-state index contributed by atoms with van der Waals surface area (Å²) in [6.45, 7) is 0. The van der Waals surface area contributed by atoms with E-state index in [4.69, 9.17) is 5.73 Å². The lowest BCUT2D eigenvalue weighted by Gasteiger charge is -2.35. The van der Waals surface area contributed by atoms with Gasteiger partial charge in [-0.3, -0.25) is 20.2 Å². The average Bonchev–Trinajstić information content (AvgIpc) is 3.35. The van der Waals surface area contributed by atoms with E-state index in [0.717, 1.165) is 4.90 Å². The molecule has 6 rings (SSSR count). The SMILES string of the molecule is NC1=[N+](c2ccccc2)C2(C(=O)N1c1ccccc1)/C(=C(\[O-])c1ccccc1)C(=O)C(=O)N2c1ccccc1O. The quantitative estimate of drug-likeness (QED) is 0.181. The second-order valence-electron chi connectivity index (χ2n) is 9.21. The molecule has 0 aliphatic carbocycles. The number of nitrogens with two attached hydrogens (primary N) is 1. The van der Waals surface area contributed by atoms with Crippen LogP contribution in [-0.4, -0.2) is 38.9 Å². The van der Waals surface area contributed by atoms with Crippen LogP contribution in [0.1, 0.15) is 5.56 Å². The molecule has 0 bridgehead atoms. The summed E-state index contributed by atoms with van der Waals surface area (Å²) in [6, 6.07) is 30.7. The van der Waals surface area contributed by atoms with Gasteiger partial charge in [0.2, 0.25) is 0 Å². The van der Waals surface area contributed by atoms with Crippen LogP contribution in [0.15, 0.2) is 121 Å². The zero-order chi connectivity index (χ0) is 28.0. The van der Waals surface area contributed by atoms with Crippen LogP contribution >= 0.6 is 0 Å². The van der Waals surface area contributed by atoms with Crippen LogP contribution in [0.2, 0.25) is 0 Å². The van der Waals surface area contributed by atoms with Gasteiger partial charge in [-0.25, -0.2) is 4.79 Å². The van der Waals surface area contributed by atoms with Gasteiger partial charge >= 0.3 is 17.8 Å². The molecule has 2 aliphatic heterocycles. The highest BCUT2D eigenvalue weighted by atomic mass is 16.3. The summed E-state index contributed by atoms with van der Waals surface area (Å²) in [7, 11) is 0. The fourth-order valence-corrected chi connectivity index (χ4v) is 5.32. The van der Waals surface area contributed by atoms with Gasteiger partial charge in [0.05, 0.1) is 11.3 Å². The summed E-state index contributed by atoms with van der Waals surface area (Å²) in [6.07, 6.45) is 0. The number of phenols is 1. The van der Waals surface area contributed by atoms with Crippen LogP contribution in [0.3, 0.4) is 0 Å². The molecule has 2 aliphatic rings. The smallest absolute Gasteiger partial charge is 0.366 e. The molecular weight excluding hydrogens is 508 g/mol. The third-order valence-corrected chi connectivity index (χ3v) is 6.99. The first-order valence-electron chi connectivity index (χ1n) is 12.4. The number of nitrogens with zero attached hydrogens (tertiary/aromatic N) is 3. The summed E-state index contributed by atoms with van der Waals surface area (Å²) in [5.41, 5.74) is 4.41. The first kappa shape index (κ1) is 24.6. The van der Waals surface area contributed by atoms with Crippen molar-refractivity contribution in [2.45, 2.75) is 5.66 Å². The number of hydrogen-bond acceptors (Lipinski definition) is 6. The number of rotatable bonds is 4. The Bertz CT molecular complexity index is 1740. The number of phenolic OH excluding ortho intramolecular Hbond substituents is 1. The molecule has 0 radical (unpaired) electrons. The Morgan fingerprint density at radius 3 is 1.95 bits per heavy atom. The third kappa shape index (κ3) is 3.34. The van der Waals surface area contributed by atoms with E-state index in [2.05, 4.69) is 0 Å². The van der Waals surface area contributed by atoms with Crippen molar-refractivity contribution in [2.24, 2.45) is 5.73 Å². The number of amides is 2. The Kier molecular flexibility index (Phi) is 5.69. The van der Waals surface area contributed by atoms with Crippen molar-refractivity contribution >= 4 is 46.4 Å². The summed E-state index contributed by atoms with van der Waals surface area (Å²) >= 11 is 0. The summed E-state index contributed by atoms with van der Waals surface area (Å²) in [4.78, 5) is 44.6. The monoisotopic (exact) mass is 530 g/mol. The highest BCUT2D eigenvalue weighted by molar-refractivity contribution is 6.55. The highest BCUT2D eigenvalue weighted by Gasteiger charge is 2.73. The first-order valence-corrected chi connectivity index (χ1v) is 12.4. The molecule has 1 spiro atoms. The summed E-state index contributed by atoms with van der Waals surface area (Å²) in [5, 5.41) is 25.0. The van der Waals surface area contributed by atoms with E-state index < -0.39 is 34.6 Å². The van der Waals surface area contributed by atoms with Gasteiger partial charge in [0.25, 0.3) is 11.4 Å². The number of Topliss-reactive ketones (excluding diaryl/α,β-unsaturated/α-hetero) is 1. The highest BCUT2D eigenvalue weighted by Crippen LogP contribution is 2.49. The number of hydrogen-bond donors (Lipinski definition) is 2. The normalized spacial score (nSPS) is 20.1. The number of carbonyl (C=O) groups is 3. The van der Waals surface area contributed by atoms with Crippen molar-refractivity contribution in [3.63, 3.8) is 0 Å².